The second-order valence-electron chi connectivity index (χ2n) is 18.9. The van der Waals surface area contributed by atoms with Gasteiger partial charge in [0.25, 0.3) is 0 Å². The predicted octanol–water partition coefficient (Wildman–Crippen LogP) is 18.9. The molecule has 9 aromatic rings. The van der Waals surface area contributed by atoms with Gasteiger partial charge >= 0.3 is 0 Å². The van der Waals surface area contributed by atoms with Crippen LogP contribution in [0.15, 0.2) is 182 Å². The lowest BCUT2D eigenvalue weighted by Crippen LogP contribution is -2.12. The standard InChI is InChI=1S/C68H70N2O2/c1-10-17-46-20-28-54(29-21-46)69(41-40-57(71-8)19-12-3)65-44-63(52-26-24-48(13-4)50(15-6)42-52)59-37-39-62-66(70(56-32-34-58(72-9)35-33-56)55-30-22-47(18-11-2)23-31-55)45-64(60-36-38-61(65)67(59)68(60)62)53-27-25-49(14-5)51(16-7)43-53/h12,19-45H,3,10-11,13-18H2,1-2,4-9H3/b41-40-,57-19+. The van der Waals surface area contributed by atoms with Gasteiger partial charge in [0.05, 0.1) is 25.6 Å². The molecule has 0 fully saturated rings. The smallest absolute Gasteiger partial charge is 0.120 e. The zero-order valence-electron chi connectivity index (χ0n) is 43.7. The van der Waals surface area contributed by atoms with E-state index in [9.17, 15) is 0 Å². The summed E-state index contributed by atoms with van der Waals surface area (Å²) in [6, 6.07) is 55.5. The van der Waals surface area contributed by atoms with Gasteiger partial charge in [-0.2, -0.15) is 0 Å². The highest BCUT2D eigenvalue weighted by atomic mass is 16.5. The summed E-state index contributed by atoms with van der Waals surface area (Å²) in [6.07, 6.45) is 16.1. The number of ether oxygens (including phenoxy) is 2. The highest BCUT2D eigenvalue weighted by Gasteiger charge is 2.25. The molecule has 0 spiro atoms. The fourth-order valence-corrected chi connectivity index (χ4v) is 10.9. The molecule has 0 aliphatic heterocycles. The van der Waals surface area contributed by atoms with Crippen molar-refractivity contribution < 1.29 is 9.47 Å². The summed E-state index contributed by atoms with van der Waals surface area (Å²) < 4.78 is 11.6. The number of rotatable bonds is 20. The maximum absolute atomic E-state index is 5.88. The molecule has 0 N–H and O–H groups in total. The average molecular weight is 947 g/mol. The van der Waals surface area contributed by atoms with E-state index in [0.29, 0.717) is 0 Å². The first kappa shape index (κ1) is 49.4. The number of hydrogen-bond acceptors (Lipinski definition) is 4. The van der Waals surface area contributed by atoms with Crippen LogP contribution in [-0.2, 0) is 43.3 Å². The van der Waals surface area contributed by atoms with Crippen LogP contribution >= 0.6 is 0 Å². The molecule has 0 unspecified atom stereocenters. The Balaban J connectivity index is 1.45. The number of anilines is 5. The van der Waals surface area contributed by atoms with Crippen molar-refractivity contribution in [3.05, 3.63) is 216 Å². The predicted molar refractivity (Wildman–Crippen MR) is 311 cm³/mol. The van der Waals surface area contributed by atoms with Crippen molar-refractivity contribution in [2.45, 2.75) is 92.9 Å². The zero-order valence-corrected chi connectivity index (χ0v) is 43.7. The van der Waals surface area contributed by atoms with Gasteiger partial charge in [-0.15, -0.1) is 0 Å². The third-order valence-electron chi connectivity index (χ3n) is 14.6. The molecule has 0 aliphatic carbocycles. The highest BCUT2D eigenvalue weighted by molar-refractivity contribution is 6.32. The Hall–Kier alpha value is -7.56. The molecule has 9 aromatic carbocycles. The van der Waals surface area contributed by atoms with E-state index in [0.717, 1.165) is 91.3 Å². The molecule has 0 aromatic heterocycles. The van der Waals surface area contributed by atoms with Gasteiger partial charge in [-0.25, -0.2) is 0 Å². The van der Waals surface area contributed by atoms with Crippen molar-refractivity contribution in [2.75, 3.05) is 24.0 Å². The normalized spacial score (nSPS) is 11.9. The van der Waals surface area contributed by atoms with Crippen molar-refractivity contribution in [2.24, 2.45) is 0 Å². The molecule has 0 aliphatic rings. The fraction of sp³-hybridized carbons (Fsp3) is 0.235. The molecule has 4 nitrogen and oxygen atoms in total. The summed E-state index contributed by atoms with van der Waals surface area (Å²) in [6.45, 7) is 17.6. The average Bonchev–Trinajstić information content (AvgIpc) is 3.43. The lowest BCUT2D eigenvalue weighted by molar-refractivity contribution is 0.307. The first-order chi connectivity index (χ1) is 35.3. The molecule has 72 heavy (non-hydrogen) atoms. The fourth-order valence-electron chi connectivity index (χ4n) is 10.9. The summed E-state index contributed by atoms with van der Waals surface area (Å²) in [5, 5.41) is 7.28. The quantitative estimate of drug-likeness (QED) is 0.0432. The Labute approximate surface area is 428 Å². The van der Waals surface area contributed by atoms with Gasteiger partial charge in [0.1, 0.15) is 11.5 Å². The van der Waals surface area contributed by atoms with Gasteiger partial charge in [-0.3, -0.25) is 0 Å². The number of benzene rings is 9. The van der Waals surface area contributed by atoms with Gasteiger partial charge in [0, 0.05) is 44.8 Å². The summed E-state index contributed by atoms with van der Waals surface area (Å²) in [5.74, 6) is 1.54. The highest BCUT2D eigenvalue weighted by Crippen LogP contribution is 2.51. The molecule has 0 saturated heterocycles. The van der Waals surface area contributed by atoms with Crippen LogP contribution in [0.5, 0.6) is 5.75 Å². The Morgan fingerprint density at radius 2 is 0.944 bits per heavy atom. The van der Waals surface area contributed by atoms with Gasteiger partial charge in [0.15, 0.2) is 0 Å². The van der Waals surface area contributed by atoms with Crippen molar-refractivity contribution in [1.29, 1.82) is 0 Å². The number of aryl methyl sites for hydroxylation is 6. The van der Waals surface area contributed by atoms with E-state index >= 15 is 0 Å². The lowest BCUT2D eigenvalue weighted by atomic mass is 9.84. The maximum Gasteiger partial charge on any atom is 0.120 e. The molecule has 0 amide bonds. The Morgan fingerprint density at radius 3 is 1.40 bits per heavy atom. The van der Waals surface area contributed by atoms with E-state index in [4.69, 9.17) is 9.47 Å². The van der Waals surface area contributed by atoms with Crippen molar-refractivity contribution >= 4 is 60.8 Å². The van der Waals surface area contributed by atoms with Crippen LogP contribution in [0, 0.1) is 0 Å². The molecular formula is C68H70N2O2. The molecule has 0 atom stereocenters. The van der Waals surface area contributed by atoms with E-state index < -0.39 is 0 Å². The number of nitrogens with zero attached hydrogens (tertiary/aromatic N) is 2. The van der Waals surface area contributed by atoms with E-state index in [1.807, 2.05) is 12.2 Å². The third kappa shape index (κ3) is 9.63. The van der Waals surface area contributed by atoms with Gasteiger partial charge in [0.2, 0.25) is 0 Å². The Bertz CT molecular complexity index is 3400. The first-order valence-corrected chi connectivity index (χ1v) is 26.3. The SMILES string of the molecule is C=C/C=C(\C=C/N(c1ccc(CCC)cc1)c1cc(-c2ccc(CC)c(CC)c2)c2ccc3c(N(c4ccc(CCC)cc4)c4ccc(OC)cc4)cc(-c4ccc(CC)c(CC)c4)c4ccc1c2c43)OC. The summed E-state index contributed by atoms with van der Waals surface area (Å²) >= 11 is 0. The molecular weight excluding hydrogens is 877 g/mol. The van der Waals surface area contributed by atoms with Crippen molar-refractivity contribution in [1.82, 2.24) is 0 Å². The van der Waals surface area contributed by atoms with E-state index in [-0.39, 0.29) is 0 Å². The summed E-state index contributed by atoms with van der Waals surface area (Å²) in [4.78, 5) is 4.80. The molecule has 0 saturated carbocycles. The van der Waals surface area contributed by atoms with E-state index in [1.54, 1.807) is 20.3 Å². The van der Waals surface area contributed by atoms with Crippen LogP contribution in [0.2, 0.25) is 0 Å². The van der Waals surface area contributed by atoms with Crippen molar-refractivity contribution in [3.8, 4) is 28.0 Å². The van der Waals surface area contributed by atoms with Crippen LogP contribution in [0.25, 0.3) is 54.6 Å². The molecule has 364 valence electrons. The largest absolute Gasteiger partial charge is 0.497 e. The monoisotopic (exact) mass is 947 g/mol. The molecule has 0 heterocycles. The third-order valence-corrected chi connectivity index (χ3v) is 14.6. The van der Waals surface area contributed by atoms with Gasteiger partial charge < -0.3 is 19.3 Å². The van der Waals surface area contributed by atoms with Crippen LogP contribution in [-0.4, -0.2) is 14.2 Å². The second-order valence-corrected chi connectivity index (χ2v) is 18.9. The topological polar surface area (TPSA) is 24.9 Å². The van der Waals surface area contributed by atoms with Crippen LogP contribution in [0.1, 0.15) is 87.8 Å². The number of allylic oxidation sites excluding steroid dienone is 3. The summed E-state index contributed by atoms with van der Waals surface area (Å²) in [7, 11) is 3.45. The van der Waals surface area contributed by atoms with Crippen LogP contribution < -0.4 is 14.5 Å². The van der Waals surface area contributed by atoms with Gasteiger partial charge in [-0.05, 0) is 178 Å². The second kappa shape index (κ2) is 22.2. The van der Waals surface area contributed by atoms with E-state index in [1.165, 1.54) is 88.0 Å². The maximum atomic E-state index is 5.88. The van der Waals surface area contributed by atoms with Crippen LogP contribution in [0.3, 0.4) is 0 Å². The molecule has 0 radical (unpaired) electrons. The minimum Gasteiger partial charge on any atom is -0.497 e. The number of hydrogen-bond donors (Lipinski definition) is 0. The molecule has 9 rings (SSSR count). The van der Waals surface area contributed by atoms with E-state index in [2.05, 4.69) is 210 Å². The first-order valence-electron chi connectivity index (χ1n) is 26.3. The number of methoxy groups -OCH3 is 2. The van der Waals surface area contributed by atoms with Crippen molar-refractivity contribution in [3.63, 3.8) is 0 Å². The van der Waals surface area contributed by atoms with Crippen LogP contribution in [0.4, 0.5) is 28.4 Å². The Kier molecular flexibility index (Phi) is 15.3. The molecule has 4 heteroatoms. The zero-order chi connectivity index (χ0) is 50.3. The summed E-state index contributed by atoms with van der Waals surface area (Å²) in [5.41, 5.74) is 18.5. The minimum atomic E-state index is 0.717. The lowest BCUT2D eigenvalue weighted by Gasteiger charge is -2.30. The minimum absolute atomic E-state index is 0.717. The Morgan fingerprint density at radius 1 is 0.486 bits per heavy atom. The molecule has 0 bridgehead atoms. The van der Waals surface area contributed by atoms with Gasteiger partial charge in [-0.1, -0.05) is 152 Å².